The van der Waals surface area contributed by atoms with Crippen LogP contribution in [0.15, 0.2) is 12.5 Å². The van der Waals surface area contributed by atoms with E-state index in [1.54, 1.807) is 29.0 Å². The van der Waals surface area contributed by atoms with Gasteiger partial charge in [-0.1, -0.05) is 19.1 Å². The number of rotatable bonds is 5. The molecule has 0 aliphatic heterocycles. The second-order valence-corrected chi connectivity index (χ2v) is 4.51. The van der Waals surface area contributed by atoms with Crippen molar-refractivity contribution in [3.05, 3.63) is 18.2 Å². The van der Waals surface area contributed by atoms with Gasteiger partial charge in [-0.15, -0.1) is 0 Å². The van der Waals surface area contributed by atoms with Gasteiger partial charge in [0.2, 0.25) is 0 Å². The number of nitrogens with two attached hydrogens (primary N) is 1. The van der Waals surface area contributed by atoms with Gasteiger partial charge in [-0.25, -0.2) is 4.98 Å². The van der Waals surface area contributed by atoms with E-state index in [-0.39, 0.29) is 11.8 Å². The van der Waals surface area contributed by atoms with Crippen LogP contribution in [0.2, 0.25) is 0 Å². The number of hydrogen-bond donors (Lipinski definition) is 1. The second kappa shape index (κ2) is 5.77. The molecule has 0 bridgehead atoms. The molecule has 17 heavy (non-hydrogen) atoms. The van der Waals surface area contributed by atoms with Crippen LogP contribution in [0.25, 0.3) is 0 Å². The van der Waals surface area contributed by atoms with Gasteiger partial charge in [0.05, 0.1) is 17.5 Å². The van der Waals surface area contributed by atoms with Crippen molar-refractivity contribution in [1.29, 1.82) is 0 Å². The lowest BCUT2D eigenvalue weighted by Crippen LogP contribution is -2.38. The van der Waals surface area contributed by atoms with Crippen LogP contribution in [0.4, 0.5) is 0 Å². The summed E-state index contributed by atoms with van der Waals surface area (Å²) in [6, 6.07) is 0. The molecule has 94 valence electrons. The predicted octanol–water partition coefficient (Wildman–Crippen LogP) is 0.804. The van der Waals surface area contributed by atoms with Gasteiger partial charge in [0.15, 0.2) is 0 Å². The summed E-state index contributed by atoms with van der Waals surface area (Å²) in [5.74, 6) is -0.0299. The predicted molar refractivity (Wildman–Crippen MR) is 70.7 cm³/mol. The van der Waals surface area contributed by atoms with Gasteiger partial charge in [-0.3, -0.25) is 4.79 Å². The zero-order valence-corrected chi connectivity index (χ0v) is 11.2. The first-order valence-corrected chi connectivity index (χ1v) is 5.93. The number of aryl methyl sites for hydroxylation is 1. The molecule has 0 fully saturated rings. The second-order valence-electron chi connectivity index (χ2n) is 4.04. The van der Waals surface area contributed by atoms with Crippen LogP contribution in [0, 0.1) is 5.92 Å². The van der Waals surface area contributed by atoms with Crippen LogP contribution < -0.4 is 5.73 Å². The lowest BCUT2D eigenvalue weighted by Gasteiger charge is -2.24. The van der Waals surface area contributed by atoms with Crippen molar-refractivity contribution >= 4 is 23.1 Å². The molecule has 1 amide bonds. The maximum Gasteiger partial charge on any atom is 0.272 e. The van der Waals surface area contributed by atoms with Crippen LogP contribution in [-0.4, -0.2) is 38.4 Å². The number of imidazole rings is 1. The standard InChI is InChI=1S/C11H18N4OS/c1-4-15(6-8(2)10(12)17)11(16)9-5-13-7-14(9)3/h5,7-8H,4,6H2,1-3H3,(H2,12,17). The van der Waals surface area contributed by atoms with Crippen LogP contribution in [0.3, 0.4) is 0 Å². The van der Waals surface area contributed by atoms with Crippen molar-refractivity contribution in [2.45, 2.75) is 13.8 Å². The first-order chi connectivity index (χ1) is 7.97. The molecule has 1 aromatic heterocycles. The Kier molecular flexibility index (Phi) is 4.62. The third-order valence-electron chi connectivity index (χ3n) is 2.68. The Morgan fingerprint density at radius 3 is 2.76 bits per heavy atom. The van der Waals surface area contributed by atoms with Crippen molar-refractivity contribution < 1.29 is 4.79 Å². The molecule has 2 N–H and O–H groups in total. The third-order valence-corrected chi connectivity index (χ3v) is 3.09. The summed E-state index contributed by atoms with van der Waals surface area (Å²) in [5.41, 5.74) is 6.13. The van der Waals surface area contributed by atoms with Crippen molar-refractivity contribution in [2.24, 2.45) is 18.7 Å². The van der Waals surface area contributed by atoms with Crippen LogP contribution in [0.1, 0.15) is 24.3 Å². The fourth-order valence-corrected chi connectivity index (χ4v) is 1.58. The topological polar surface area (TPSA) is 64.2 Å². The van der Waals surface area contributed by atoms with Crippen molar-refractivity contribution in [3.63, 3.8) is 0 Å². The Bertz CT molecular complexity index is 415. The molecule has 1 atom stereocenters. The molecule has 0 aliphatic rings. The molecular weight excluding hydrogens is 236 g/mol. The van der Waals surface area contributed by atoms with E-state index >= 15 is 0 Å². The SMILES string of the molecule is CCN(CC(C)C(N)=S)C(=O)c1cncn1C. The van der Waals surface area contributed by atoms with Crippen LogP contribution in [0.5, 0.6) is 0 Å². The Balaban J connectivity index is 2.78. The maximum atomic E-state index is 12.2. The van der Waals surface area contributed by atoms with Crippen molar-refractivity contribution in [2.75, 3.05) is 13.1 Å². The van der Waals surface area contributed by atoms with E-state index in [0.29, 0.717) is 23.8 Å². The fraction of sp³-hybridized carbons (Fsp3) is 0.545. The summed E-state index contributed by atoms with van der Waals surface area (Å²) in [7, 11) is 1.80. The first kappa shape index (κ1) is 13.6. The Morgan fingerprint density at radius 2 is 2.35 bits per heavy atom. The summed E-state index contributed by atoms with van der Waals surface area (Å²) < 4.78 is 1.70. The number of hydrogen-bond acceptors (Lipinski definition) is 3. The molecule has 1 unspecified atom stereocenters. The lowest BCUT2D eigenvalue weighted by molar-refractivity contribution is 0.0745. The number of thiocarbonyl (C=S) groups is 1. The largest absolute Gasteiger partial charge is 0.393 e. The fourth-order valence-electron chi connectivity index (χ4n) is 1.50. The Morgan fingerprint density at radius 1 is 1.71 bits per heavy atom. The molecule has 0 aliphatic carbocycles. The molecule has 0 saturated heterocycles. The zero-order chi connectivity index (χ0) is 13.0. The first-order valence-electron chi connectivity index (χ1n) is 5.52. The van der Waals surface area contributed by atoms with Gasteiger partial charge in [-0.05, 0) is 6.92 Å². The van der Waals surface area contributed by atoms with Crippen LogP contribution >= 0.6 is 12.2 Å². The number of aromatic nitrogens is 2. The molecule has 6 heteroatoms. The van der Waals surface area contributed by atoms with E-state index in [0.717, 1.165) is 0 Å². The van der Waals surface area contributed by atoms with Gasteiger partial charge in [0.25, 0.3) is 5.91 Å². The monoisotopic (exact) mass is 254 g/mol. The molecular formula is C11H18N4OS. The molecule has 0 spiro atoms. The average molecular weight is 254 g/mol. The van der Waals surface area contributed by atoms with Gasteiger partial charge >= 0.3 is 0 Å². The summed E-state index contributed by atoms with van der Waals surface area (Å²) >= 11 is 4.92. The minimum absolute atomic E-state index is 0.0159. The summed E-state index contributed by atoms with van der Waals surface area (Å²) in [4.78, 5) is 18.3. The van der Waals surface area contributed by atoms with E-state index in [1.807, 2.05) is 13.8 Å². The number of nitrogens with zero attached hydrogens (tertiary/aromatic N) is 3. The summed E-state index contributed by atoms with van der Waals surface area (Å²) in [5, 5.41) is 0. The van der Waals surface area contributed by atoms with E-state index in [9.17, 15) is 4.79 Å². The van der Waals surface area contributed by atoms with E-state index < -0.39 is 0 Å². The highest BCUT2D eigenvalue weighted by atomic mass is 32.1. The molecule has 0 radical (unpaired) electrons. The zero-order valence-electron chi connectivity index (χ0n) is 10.4. The van der Waals surface area contributed by atoms with Gasteiger partial charge in [0.1, 0.15) is 5.69 Å². The highest BCUT2D eigenvalue weighted by Gasteiger charge is 2.19. The number of amides is 1. The molecule has 1 aromatic rings. The normalized spacial score (nSPS) is 12.2. The molecule has 1 heterocycles. The van der Waals surface area contributed by atoms with Crippen molar-refractivity contribution in [3.8, 4) is 0 Å². The number of carbonyl (C=O) groups is 1. The minimum Gasteiger partial charge on any atom is -0.393 e. The lowest BCUT2D eigenvalue weighted by atomic mass is 10.1. The maximum absolute atomic E-state index is 12.2. The highest BCUT2D eigenvalue weighted by Crippen LogP contribution is 2.07. The quantitative estimate of drug-likeness (QED) is 0.790. The summed E-state index contributed by atoms with van der Waals surface area (Å²) in [6.07, 6.45) is 3.18. The summed E-state index contributed by atoms with van der Waals surface area (Å²) in [6.45, 7) is 5.01. The third kappa shape index (κ3) is 3.26. The number of carbonyl (C=O) groups excluding carboxylic acids is 1. The van der Waals surface area contributed by atoms with Crippen molar-refractivity contribution in [1.82, 2.24) is 14.5 Å². The molecule has 0 saturated carbocycles. The van der Waals surface area contributed by atoms with Gasteiger partial charge in [0, 0.05) is 26.1 Å². The van der Waals surface area contributed by atoms with E-state index in [4.69, 9.17) is 18.0 Å². The Labute approximate surface area is 107 Å². The molecule has 1 rings (SSSR count). The Hall–Kier alpha value is -1.43. The van der Waals surface area contributed by atoms with E-state index in [1.165, 1.54) is 0 Å². The van der Waals surface area contributed by atoms with Crippen LogP contribution in [-0.2, 0) is 7.05 Å². The van der Waals surface area contributed by atoms with Gasteiger partial charge < -0.3 is 15.2 Å². The smallest absolute Gasteiger partial charge is 0.272 e. The van der Waals surface area contributed by atoms with Gasteiger partial charge in [-0.2, -0.15) is 0 Å². The highest BCUT2D eigenvalue weighted by molar-refractivity contribution is 7.80. The minimum atomic E-state index is -0.0457. The molecule has 0 aromatic carbocycles. The molecule has 5 nitrogen and oxygen atoms in total. The van der Waals surface area contributed by atoms with E-state index in [2.05, 4.69) is 4.98 Å². The average Bonchev–Trinajstić information content (AvgIpc) is 2.70.